The van der Waals surface area contributed by atoms with E-state index in [1.807, 2.05) is 25.2 Å². The highest BCUT2D eigenvalue weighted by molar-refractivity contribution is 6.30. The highest BCUT2D eigenvalue weighted by Gasteiger charge is 2.17. The van der Waals surface area contributed by atoms with E-state index in [1.54, 1.807) is 11.8 Å². The quantitative estimate of drug-likeness (QED) is 0.795. The van der Waals surface area contributed by atoms with E-state index in [4.69, 9.17) is 11.6 Å². The van der Waals surface area contributed by atoms with E-state index in [2.05, 4.69) is 15.9 Å². The summed E-state index contributed by atoms with van der Waals surface area (Å²) in [6.45, 7) is 7.41. The van der Waals surface area contributed by atoms with Crippen molar-refractivity contribution in [3.8, 4) is 0 Å². The normalized spacial score (nSPS) is 14.1. The van der Waals surface area contributed by atoms with Crippen LogP contribution in [-0.4, -0.2) is 67.5 Å². The number of piperazine rings is 1. The second-order valence-electron chi connectivity index (χ2n) is 5.25. The number of halogens is 3. The number of hydrogen-bond acceptors (Lipinski definition) is 3. The predicted molar refractivity (Wildman–Crippen MR) is 102 cm³/mol. The van der Waals surface area contributed by atoms with Crippen molar-refractivity contribution in [3.05, 3.63) is 29.3 Å². The SMILES string of the molecule is CC(=O)N(C)CCN1CCN(c2cccc(Cl)c2)CC1.Cl.Cl.O. The molecule has 0 atom stereocenters. The minimum absolute atomic E-state index is 0. The van der Waals surface area contributed by atoms with Crippen LogP contribution in [0.15, 0.2) is 24.3 Å². The third kappa shape index (κ3) is 7.59. The van der Waals surface area contributed by atoms with Crippen LogP contribution in [0, 0.1) is 0 Å². The Labute approximate surface area is 155 Å². The molecule has 0 bridgehead atoms. The number of carbonyl (C=O) groups excluding carboxylic acids is 1. The van der Waals surface area contributed by atoms with Crippen LogP contribution >= 0.6 is 36.4 Å². The Morgan fingerprint density at radius 3 is 2.35 bits per heavy atom. The molecule has 0 radical (unpaired) electrons. The number of rotatable bonds is 4. The number of hydrogen-bond donors (Lipinski definition) is 0. The van der Waals surface area contributed by atoms with Gasteiger partial charge in [-0.15, -0.1) is 24.8 Å². The molecule has 0 aromatic heterocycles. The molecule has 0 aliphatic carbocycles. The van der Waals surface area contributed by atoms with Crippen LogP contribution in [0.25, 0.3) is 0 Å². The third-order valence-electron chi connectivity index (χ3n) is 3.83. The van der Waals surface area contributed by atoms with Crippen molar-refractivity contribution in [1.82, 2.24) is 9.80 Å². The molecule has 0 spiro atoms. The monoisotopic (exact) mass is 385 g/mol. The van der Waals surface area contributed by atoms with E-state index in [0.717, 1.165) is 44.3 Å². The fraction of sp³-hybridized carbons (Fsp3) is 0.533. The lowest BCUT2D eigenvalue weighted by Crippen LogP contribution is -2.48. The molecule has 1 fully saturated rings. The van der Waals surface area contributed by atoms with Crippen LogP contribution in [0.2, 0.25) is 5.02 Å². The Bertz CT molecular complexity index is 469. The Morgan fingerprint density at radius 2 is 1.83 bits per heavy atom. The predicted octanol–water partition coefficient (Wildman–Crippen LogP) is 1.96. The van der Waals surface area contributed by atoms with Gasteiger partial charge in [0.2, 0.25) is 5.91 Å². The molecule has 5 nitrogen and oxygen atoms in total. The number of nitrogens with zero attached hydrogens (tertiary/aromatic N) is 3. The zero-order valence-electron chi connectivity index (χ0n) is 13.5. The van der Waals surface area contributed by atoms with Crippen LogP contribution in [0.1, 0.15) is 6.92 Å². The largest absolute Gasteiger partial charge is 0.412 e. The van der Waals surface area contributed by atoms with Crippen molar-refractivity contribution in [1.29, 1.82) is 0 Å². The number of carbonyl (C=O) groups is 1. The first-order chi connectivity index (χ1) is 9.56. The van der Waals surface area contributed by atoms with Gasteiger partial charge in [-0.05, 0) is 18.2 Å². The second kappa shape index (κ2) is 11.8. The van der Waals surface area contributed by atoms with E-state index in [0.29, 0.717) is 0 Å². The van der Waals surface area contributed by atoms with Gasteiger partial charge in [-0.2, -0.15) is 0 Å². The van der Waals surface area contributed by atoms with Crippen molar-refractivity contribution in [2.45, 2.75) is 6.92 Å². The maximum atomic E-state index is 11.2. The second-order valence-corrected chi connectivity index (χ2v) is 5.69. The molecule has 2 rings (SSSR count). The Hall–Kier alpha value is -0.720. The first kappa shape index (κ1) is 24.5. The molecule has 23 heavy (non-hydrogen) atoms. The van der Waals surface area contributed by atoms with E-state index < -0.39 is 0 Å². The van der Waals surface area contributed by atoms with Gasteiger partial charge in [0.15, 0.2) is 0 Å². The van der Waals surface area contributed by atoms with E-state index >= 15 is 0 Å². The summed E-state index contributed by atoms with van der Waals surface area (Å²) in [5.41, 5.74) is 1.19. The van der Waals surface area contributed by atoms with Gasteiger partial charge in [0.05, 0.1) is 0 Å². The summed E-state index contributed by atoms with van der Waals surface area (Å²) >= 11 is 6.03. The first-order valence-electron chi connectivity index (χ1n) is 7.01. The standard InChI is InChI=1S/C15H22ClN3O.2ClH.H2O/c1-13(20)17(2)6-7-18-8-10-19(11-9-18)15-5-3-4-14(16)12-15;;;/h3-5,12H,6-11H2,1-2H3;2*1H;1H2. The molecule has 1 aliphatic rings. The van der Waals surface area contributed by atoms with Crippen molar-refractivity contribution in [2.24, 2.45) is 0 Å². The van der Waals surface area contributed by atoms with Gasteiger partial charge < -0.3 is 15.3 Å². The highest BCUT2D eigenvalue weighted by atomic mass is 35.5. The Balaban J connectivity index is 0. The fourth-order valence-corrected chi connectivity index (χ4v) is 2.54. The molecular weight excluding hydrogens is 361 g/mol. The zero-order chi connectivity index (χ0) is 14.5. The molecule has 134 valence electrons. The molecule has 1 heterocycles. The minimum atomic E-state index is 0. The number of anilines is 1. The van der Waals surface area contributed by atoms with Gasteiger partial charge in [-0.25, -0.2) is 0 Å². The van der Waals surface area contributed by atoms with E-state index in [1.165, 1.54) is 5.69 Å². The molecule has 0 unspecified atom stereocenters. The van der Waals surface area contributed by atoms with Gasteiger partial charge >= 0.3 is 0 Å². The van der Waals surface area contributed by atoms with Gasteiger partial charge in [-0.3, -0.25) is 9.69 Å². The van der Waals surface area contributed by atoms with Gasteiger partial charge in [0.25, 0.3) is 0 Å². The lowest BCUT2D eigenvalue weighted by molar-refractivity contribution is -0.127. The van der Waals surface area contributed by atoms with Gasteiger partial charge in [-0.1, -0.05) is 17.7 Å². The molecule has 1 aromatic rings. The maximum absolute atomic E-state index is 11.2. The smallest absolute Gasteiger partial charge is 0.219 e. The summed E-state index contributed by atoms with van der Waals surface area (Å²) in [5.74, 6) is 0.127. The molecule has 1 aromatic carbocycles. The molecule has 0 saturated carbocycles. The topological polar surface area (TPSA) is 58.3 Å². The molecular formula is C15H26Cl3N3O2. The third-order valence-corrected chi connectivity index (χ3v) is 4.07. The van der Waals surface area contributed by atoms with Crippen molar-refractivity contribution >= 4 is 48.0 Å². The van der Waals surface area contributed by atoms with E-state index in [9.17, 15) is 4.79 Å². The Morgan fingerprint density at radius 1 is 1.22 bits per heavy atom. The lowest BCUT2D eigenvalue weighted by Gasteiger charge is -2.36. The van der Waals surface area contributed by atoms with Crippen LogP contribution in [0.5, 0.6) is 0 Å². The number of likely N-dealkylation sites (N-methyl/N-ethyl adjacent to an activating group) is 1. The number of amides is 1. The highest BCUT2D eigenvalue weighted by Crippen LogP contribution is 2.20. The van der Waals surface area contributed by atoms with E-state index in [-0.39, 0.29) is 36.2 Å². The molecule has 1 aliphatic heterocycles. The van der Waals surface area contributed by atoms with Crippen LogP contribution in [-0.2, 0) is 4.79 Å². The summed E-state index contributed by atoms with van der Waals surface area (Å²) in [5, 5.41) is 0.785. The van der Waals surface area contributed by atoms with Gasteiger partial charge in [0.1, 0.15) is 0 Å². The van der Waals surface area contributed by atoms with Gasteiger partial charge in [0, 0.05) is 63.9 Å². The average molecular weight is 387 g/mol. The first-order valence-corrected chi connectivity index (χ1v) is 7.38. The fourth-order valence-electron chi connectivity index (χ4n) is 2.35. The van der Waals surface area contributed by atoms with Crippen molar-refractivity contribution in [2.75, 3.05) is 51.2 Å². The van der Waals surface area contributed by atoms with Crippen LogP contribution in [0.4, 0.5) is 5.69 Å². The minimum Gasteiger partial charge on any atom is -0.412 e. The molecule has 1 saturated heterocycles. The van der Waals surface area contributed by atoms with Crippen molar-refractivity contribution < 1.29 is 10.3 Å². The maximum Gasteiger partial charge on any atom is 0.219 e. The summed E-state index contributed by atoms with van der Waals surface area (Å²) in [7, 11) is 1.85. The number of benzene rings is 1. The summed E-state index contributed by atoms with van der Waals surface area (Å²) in [6, 6.07) is 8.01. The van der Waals surface area contributed by atoms with Crippen LogP contribution < -0.4 is 4.90 Å². The molecule has 2 N–H and O–H groups in total. The summed E-state index contributed by atoms with van der Waals surface area (Å²) in [6.07, 6.45) is 0. The Kier molecular flexibility index (Phi) is 12.5. The molecule has 8 heteroatoms. The zero-order valence-corrected chi connectivity index (χ0v) is 15.9. The van der Waals surface area contributed by atoms with Crippen molar-refractivity contribution in [3.63, 3.8) is 0 Å². The van der Waals surface area contributed by atoms with Crippen LogP contribution in [0.3, 0.4) is 0 Å². The lowest BCUT2D eigenvalue weighted by atomic mass is 10.2. The summed E-state index contributed by atoms with van der Waals surface area (Å²) in [4.78, 5) is 17.7. The summed E-state index contributed by atoms with van der Waals surface area (Å²) < 4.78 is 0. The molecule has 1 amide bonds. The average Bonchev–Trinajstić information content (AvgIpc) is 2.45.